The van der Waals surface area contributed by atoms with Gasteiger partial charge in [-0.25, -0.2) is 4.98 Å². The first-order valence-electron chi connectivity index (χ1n) is 7.16. The summed E-state index contributed by atoms with van der Waals surface area (Å²) in [6.07, 6.45) is 1.96. The van der Waals surface area contributed by atoms with E-state index < -0.39 is 0 Å². The molecular formula is C16H13ClN4OS2. The maximum atomic E-state index is 12.5. The van der Waals surface area contributed by atoms with Gasteiger partial charge in [-0.05, 0) is 24.3 Å². The van der Waals surface area contributed by atoms with Crippen molar-refractivity contribution in [2.45, 2.75) is 0 Å². The van der Waals surface area contributed by atoms with Gasteiger partial charge in [0.2, 0.25) is 0 Å². The van der Waals surface area contributed by atoms with Crippen LogP contribution >= 0.6 is 34.3 Å². The molecule has 0 atom stereocenters. The molecule has 3 heterocycles. The number of fused-ring (bicyclic) bond motifs is 3. The number of halogens is 1. The summed E-state index contributed by atoms with van der Waals surface area (Å²) >= 11 is 9.22. The van der Waals surface area contributed by atoms with Crippen molar-refractivity contribution in [3.05, 3.63) is 45.7 Å². The lowest BCUT2D eigenvalue weighted by Crippen LogP contribution is -2.12. The second-order valence-electron chi connectivity index (χ2n) is 5.48. The molecule has 4 rings (SSSR count). The zero-order chi connectivity index (χ0) is 16.8. The van der Waals surface area contributed by atoms with E-state index >= 15 is 0 Å². The zero-order valence-electron chi connectivity index (χ0n) is 12.9. The molecule has 0 bridgehead atoms. The normalized spacial score (nSPS) is 11.3. The number of amides is 1. The fourth-order valence-corrected chi connectivity index (χ4v) is 4.54. The van der Waals surface area contributed by atoms with E-state index in [0.29, 0.717) is 15.6 Å². The van der Waals surface area contributed by atoms with Crippen molar-refractivity contribution in [2.75, 3.05) is 24.3 Å². The first-order chi connectivity index (χ1) is 11.5. The molecule has 24 heavy (non-hydrogen) atoms. The molecule has 4 aromatic rings. The molecule has 5 nitrogen and oxygen atoms in total. The van der Waals surface area contributed by atoms with Crippen LogP contribution in [0.15, 0.2) is 35.8 Å². The van der Waals surface area contributed by atoms with E-state index in [1.807, 2.05) is 53.2 Å². The van der Waals surface area contributed by atoms with E-state index in [2.05, 4.69) is 10.3 Å². The summed E-state index contributed by atoms with van der Waals surface area (Å²) in [5.74, 6) is -0.157. The van der Waals surface area contributed by atoms with Crippen LogP contribution < -0.4 is 10.2 Å². The Morgan fingerprint density at radius 2 is 2.17 bits per heavy atom. The number of hydrogen-bond donors (Lipinski definition) is 1. The predicted octanol–water partition coefficient (Wildman–Crippen LogP) is 4.58. The summed E-state index contributed by atoms with van der Waals surface area (Å²) in [6.45, 7) is 0. The molecule has 0 spiro atoms. The Morgan fingerprint density at radius 1 is 1.33 bits per heavy atom. The van der Waals surface area contributed by atoms with E-state index in [1.165, 1.54) is 11.3 Å². The molecule has 8 heteroatoms. The molecule has 0 saturated heterocycles. The summed E-state index contributed by atoms with van der Waals surface area (Å²) in [5, 5.41) is 5.47. The Kier molecular flexibility index (Phi) is 3.71. The van der Waals surface area contributed by atoms with E-state index in [-0.39, 0.29) is 5.91 Å². The molecule has 0 radical (unpaired) electrons. The second-order valence-corrected chi connectivity index (χ2v) is 7.79. The number of nitrogens with zero attached hydrogens (tertiary/aromatic N) is 3. The second kappa shape index (κ2) is 5.77. The van der Waals surface area contributed by atoms with Crippen molar-refractivity contribution in [2.24, 2.45) is 0 Å². The summed E-state index contributed by atoms with van der Waals surface area (Å²) in [5.41, 5.74) is 2.54. The number of imidazole rings is 1. The fraction of sp³-hybridized carbons (Fsp3) is 0.125. The molecule has 0 aliphatic heterocycles. The van der Waals surface area contributed by atoms with Crippen LogP contribution in [-0.4, -0.2) is 29.4 Å². The number of carbonyl (C=O) groups excluding carboxylic acids is 1. The Morgan fingerprint density at radius 3 is 2.92 bits per heavy atom. The Labute approximate surface area is 151 Å². The van der Waals surface area contributed by atoms with Gasteiger partial charge >= 0.3 is 0 Å². The topological polar surface area (TPSA) is 49.6 Å². The third kappa shape index (κ3) is 2.54. The van der Waals surface area contributed by atoms with E-state index in [0.717, 1.165) is 21.0 Å². The maximum Gasteiger partial charge on any atom is 0.265 e. The number of benzene rings is 1. The average molecular weight is 377 g/mol. The van der Waals surface area contributed by atoms with Crippen LogP contribution in [-0.2, 0) is 0 Å². The number of carbonyl (C=O) groups is 1. The van der Waals surface area contributed by atoms with Gasteiger partial charge in [0.1, 0.15) is 4.83 Å². The van der Waals surface area contributed by atoms with Gasteiger partial charge < -0.3 is 10.2 Å². The van der Waals surface area contributed by atoms with E-state index in [1.54, 1.807) is 17.4 Å². The molecule has 0 aliphatic carbocycles. The van der Waals surface area contributed by atoms with Gasteiger partial charge in [-0.15, -0.1) is 22.7 Å². The highest BCUT2D eigenvalue weighted by molar-refractivity contribution is 7.21. The van der Waals surface area contributed by atoms with Gasteiger partial charge in [0.15, 0.2) is 4.96 Å². The van der Waals surface area contributed by atoms with Crippen molar-refractivity contribution in [1.82, 2.24) is 9.38 Å². The van der Waals surface area contributed by atoms with Crippen LogP contribution in [0.1, 0.15) is 9.67 Å². The minimum atomic E-state index is -0.157. The van der Waals surface area contributed by atoms with Crippen LogP contribution in [0.25, 0.3) is 15.3 Å². The monoisotopic (exact) mass is 376 g/mol. The number of anilines is 2. The van der Waals surface area contributed by atoms with Crippen molar-refractivity contribution >= 4 is 66.9 Å². The number of nitrogens with one attached hydrogen (secondary N) is 1. The molecule has 3 aromatic heterocycles. The lowest BCUT2D eigenvalue weighted by Gasteiger charge is -2.15. The molecule has 1 aromatic carbocycles. The molecule has 0 fully saturated rings. The summed E-state index contributed by atoms with van der Waals surface area (Å²) < 4.78 is 2.00. The molecule has 0 aliphatic rings. The Balaban J connectivity index is 1.61. The van der Waals surface area contributed by atoms with Crippen LogP contribution in [0.5, 0.6) is 0 Å². The number of rotatable bonds is 3. The SMILES string of the molecule is CN(C)c1ccc(NC(=O)c2cc3c(nc4sccn43)s2)cc1Cl. The smallest absolute Gasteiger partial charge is 0.265 e. The lowest BCUT2D eigenvalue weighted by molar-refractivity contribution is 0.103. The van der Waals surface area contributed by atoms with E-state index in [4.69, 9.17) is 11.6 Å². The van der Waals surface area contributed by atoms with Crippen LogP contribution in [0, 0.1) is 0 Å². The molecule has 122 valence electrons. The third-order valence-corrected chi connectivity index (χ3v) is 5.73. The summed E-state index contributed by atoms with van der Waals surface area (Å²) in [7, 11) is 3.85. The average Bonchev–Trinajstić information content (AvgIpc) is 3.18. The first-order valence-corrected chi connectivity index (χ1v) is 9.23. The number of hydrogen-bond acceptors (Lipinski definition) is 5. The molecule has 1 amide bonds. The van der Waals surface area contributed by atoms with Gasteiger partial charge in [0, 0.05) is 31.4 Å². The van der Waals surface area contributed by atoms with E-state index in [9.17, 15) is 4.79 Å². The summed E-state index contributed by atoms with van der Waals surface area (Å²) in [4.78, 5) is 21.4. The van der Waals surface area contributed by atoms with Gasteiger partial charge in [0.25, 0.3) is 5.91 Å². The highest BCUT2D eigenvalue weighted by Gasteiger charge is 2.15. The quantitative estimate of drug-likeness (QED) is 0.569. The fourth-order valence-electron chi connectivity index (χ4n) is 2.50. The minimum Gasteiger partial charge on any atom is -0.376 e. The molecule has 1 N–H and O–H groups in total. The van der Waals surface area contributed by atoms with Gasteiger partial charge in [-0.1, -0.05) is 11.6 Å². The van der Waals surface area contributed by atoms with Crippen molar-refractivity contribution in [3.63, 3.8) is 0 Å². The Hall–Kier alpha value is -2.09. The first kappa shape index (κ1) is 15.4. The number of aromatic nitrogens is 2. The summed E-state index contributed by atoms with van der Waals surface area (Å²) in [6, 6.07) is 7.36. The molecular weight excluding hydrogens is 364 g/mol. The van der Waals surface area contributed by atoms with Crippen molar-refractivity contribution < 1.29 is 4.79 Å². The van der Waals surface area contributed by atoms with Crippen LogP contribution in [0.4, 0.5) is 11.4 Å². The minimum absolute atomic E-state index is 0.157. The number of thiophene rings is 1. The van der Waals surface area contributed by atoms with Crippen molar-refractivity contribution in [1.29, 1.82) is 0 Å². The van der Waals surface area contributed by atoms with Gasteiger partial charge in [0.05, 0.1) is 21.1 Å². The van der Waals surface area contributed by atoms with Crippen LogP contribution in [0.2, 0.25) is 5.02 Å². The maximum absolute atomic E-state index is 12.5. The largest absolute Gasteiger partial charge is 0.376 e. The van der Waals surface area contributed by atoms with Crippen molar-refractivity contribution in [3.8, 4) is 0 Å². The lowest BCUT2D eigenvalue weighted by atomic mass is 10.2. The number of thiazole rings is 1. The third-order valence-electron chi connectivity index (χ3n) is 3.65. The van der Waals surface area contributed by atoms with Gasteiger partial charge in [-0.2, -0.15) is 0 Å². The zero-order valence-corrected chi connectivity index (χ0v) is 15.3. The van der Waals surface area contributed by atoms with Crippen LogP contribution in [0.3, 0.4) is 0 Å². The molecule has 0 saturated carbocycles. The van der Waals surface area contributed by atoms with Gasteiger partial charge in [-0.3, -0.25) is 9.20 Å². The Bertz CT molecular complexity index is 1060. The standard InChI is InChI=1S/C16H13ClN4OS2/c1-20(2)11-4-3-9(7-10(11)17)18-14(22)13-8-12-15(24-13)19-16-21(12)5-6-23-16/h3-8H,1-2H3,(H,18,22). The predicted molar refractivity (Wildman–Crippen MR) is 102 cm³/mol. The molecule has 0 unspecified atom stereocenters. The highest BCUT2D eigenvalue weighted by atomic mass is 35.5. The highest BCUT2D eigenvalue weighted by Crippen LogP contribution is 2.30.